The third-order valence-electron chi connectivity index (χ3n) is 3.86. The molecule has 0 amide bonds. The van der Waals surface area contributed by atoms with Gasteiger partial charge in [-0.05, 0) is 31.8 Å². The van der Waals surface area contributed by atoms with Crippen LogP contribution in [-0.2, 0) is 0 Å². The number of hydrogen-bond donors (Lipinski definition) is 1. The van der Waals surface area contributed by atoms with Gasteiger partial charge in [-0.3, -0.25) is 0 Å². The summed E-state index contributed by atoms with van der Waals surface area (Å²) in [4.78, 5) is 5.59. The number of pyridine rings is 1. The van der Waals surface area contributed by atoms with Crippen molar-refractivity contribution >= 4 is 5.82 Å². The van der Waals surface area contributed by atoms with Crippen molar-refractivity contribution in [3.05, 3.63) is 23.6 Å². The summed E-state index contributed by atoms with van der Waals surface area (Å²) in [7, 11) is 0. The van der Waals surface area contributed by atoms with Gasteiger partial charge in [0.05, 0.1) is 0 Å². The second kappa shape index (κ2) is 4.42. The molecule has 4 heterocycles. The average molecular weight is 257 g/mol. The van der Waals surface area contributed by atoms with Gasteiger partial charge in [0, 0.05) is 18.7 Å². The van der Waals surface area contributed by atoms with E-state index >= 15 is 0 Å². The van der Waals surface area contributed by atoms with E-state index in [2.05, 4.69) is 15.2 Å². The fourth-order valence-corrected chi connectivity index (χ4v) is 2.85. The van der Waals surface area contributed by atoms with Crippen molar-refractivity contribution < 1.29 is 13.2 Å². The van der Waals surface area contributed by atoms with Crippen molar-refractivity contribution in [3.8, 4) is 0 Å². The van der Waals surface area contributed by atoms with Crippen LogP contribution >= 0.6 is 0 Å². The van der Waals surface area contributed by atoms with Crippen molar-refractivity contribution in [1.82, 2.24) is 9.88 Å². The predicted octanol–water partition coefficient (Wildman–Crippen LogP) is 2.00. The van der Waals surface area contributed by atoms with Crippen molar-refractivity contribution in [2.24, 2.45) is 5.92 Å². The van der Waals surface area contributed by atoms with E-state index in [0.717, 1.165) is 32.5 Å². The zero-order valence-electron chi connectivity index (χ0n) is 9.80. The van der Waals surface area contributed by atoms with Crippen molar-refractivity contribution in [3.63, 3.8) is 0 Å². The Morgan fingerprint density at radius 2 is 1.89 bits per heavy atom. The van der Waals surface area contributed by atoms with Crippen LogP contribution in [-0.4, -0.2) is 35.6 Å². The molecule has 3 fully saturated rings. The van der Waals surface area contributed by atoms with E-state index in [1.165, 1.54) is 0 Å². The van der Waals surface area contributed by atoms with E-state index in [-0.39, 0.29) is 11.9 Å². The zero-order valence-corrected chi connectivity index (χ0v) is 9.80. The monoisotopic (exact) mass is 257 g/mol. The summed E-state index contributed by atoms with van der Waals surface area (Å²) < 4.78 is 39.3. The molecule has 2 bridgehead atoms. The average Bonchev–Trinajstić information content (AvgIpc) is 2.37. The fraction of sp³-hybridized carbons (Fsp3) is 0.583. The molecule has 6 heteroatoms. The maximum Gasteiger partial charge on any atom is 0.251 e. The van der Waals surface area contributed by atoms with Crippen LogP contribution in [0.2, 0.25) is 0 Å². The number of piperidine rings is 3. The first kappa shape index (κ1) is 11.8. The Labute approximate surface area is 103 Å². The van der Waals surface area contributed by atoms with E-state index in [4.69, 9.17) is 0 Å². The summed E-state index contributed by atoms with van der Waals surface area (Å²) >= 11 is 0. The third-order valence-corrected chi connectivity index (χ3v) is 3.86. The van der Waals surface area contributed by atoms with Crippen molar-refractivity contribution in [2.75, 3.05) is 25.0 Å². The van der Waals surface area contributed by atoms with Gasteiger partial charge >= 0.3 is 0 Å². The topological polar surface area (TPSA) is 28.2 Å². The van der Waals surface area contributed by atoms with E-state index in [0.29, 0.717) is 12.0 Å². The molecule has 0 spiro atoms. The Morgan fingerprint density at radius 3 is 2.50 bits per heavy atom. The normalized spacial score (nSPS) is 30.5. The van der Waals surface area contributed by atoms with Crippen molar-refractivity contribution in [1.29, 1.82) is 0 Å². The zero-order chi connectivity index (χ0) is 12.7. The highest BCUT2D eigenvalue weighted by atomic mass is 19.2. The largest absolute Gasteiger partial charge is 0.363 e. The molecule has 18 heavy (non-hydrogen) atoms. The van der Waals surface area contributed by atoms with E-state index in [1.807, 2.05) is 0 Å². The van der Waals surface area contributed by atoms with Gasteiger partial charge in [-0.1, -0.05) is 0 Å². The number of anilines is 1. The minimum atomic E-state index is -1.26. The second-order valence-corrected chi connectivity index (χ2v) is 4.98. The van der Waals surface area contributed by atoms with Gasteiger partial charge in [-0.15, -0.1) is 0 Å². The number of halogens is 3. The Bertz CT molecular complexity index is 458. The summed E-state index contributed by atoms with van der Waals surface area (Å²) in [5.74, 6) is -3.09. The molecule has 1 atom stereocenters. The highest BCUT2D eigenvalue weighted by Gasteiger charge is 2.34. The molecule has 98 valence electrons. The molecule has 0 aliphatic carbocycles. The van der Waals surface area contributed by atoms with Gasteiger partial charge in [-0.2, -0.15) is 9.37 Å². The lowest BCUT2D eigenvalue weighted by atomic mass is 9.84. The predicted molar refractivity (Wildman–Crippen MR) is 60.7 cm³/mol. The van der Waals surface area contributed by atoms with Gasteiger partial charge in [0.2, 0.25) is 0 Å². The van der Waals surface area contributed by atoms with Gasteiger partial charge < -0.3 is 10.2 Å². The summed E-state index contributed by atoms with van der Waals surface area (Å²) in [6.07, 6.45) is 2.12. The Balaban J connectivity index is 1.78. The van der Waals surface area contributed by atoms with Crippen LogP contribution in [0.5, 0.6) is 0 Å². The lowest BCUT2D eigenvalue weighted by Crippen LogP contribution is -2.53. The molecule has 1 aromatic rings. The molecule has 1 N–H and O–H groups in total. The number of nitrogens with zero attached hydrogens (tertiary/aromatic N) is 2. The lowest BCUT2D eigenvalue weighted by Gasteiger charge is -2.45. The van der Waals surface area contributed by atoms with E-state index < -0.39 is 17.6 Å². The summed E-state index contributed by atoms with van der Waals surface area (Å²) in [6.45, 7) is 2.94. The second-order valence-electron chi connectivity index (χ2n) is 4.98. The molecule has 1 aromatic heterocycles. The minimum Gasteiger partial charge on any atom is -0.363 e. The quantitative estimate of drug-likeness (QED) is 0.821. The fourth-order valence-electron chi connectivity index (χ4n) is 2.85. The number of nitrogens with one attached hydrogen (secondary N) is 1. The molecule has 0 aromatic carbocycles. The van der Waals surface area contributed by atoms with Crippen LogP contribution in [0.1, 0.15) is 12.8 Å². The van der Waals surface area contributed by atoms with E-state index in [9.17, 15) is 13.2 Å². The molecule has 3 saturated heterocycles. The molecule has 3 aliphatic rings. The third kappa shape index (κ3) is 2.05. The molecule has 1 unspecified atom stereocenters. The van der Waals surface area contributed by atoms with Gasteiger partial charge in [0.25, 0.3) is 5.95 Å². The number of rotatable bonds is 2. The smallest absolute Gasteiger partial charge is 0.251 e. The minimum absolute atomic E-state index is 0.0689. The molecule has 3 aliphatic heterocycles. The van der Waals surface area contributed by atoms with Crippen LogP contribution in [0.25, 0.3) is 0 Å². The lowest BCUT2D eigenvalue weighted by molar-refractivity contribution is 0.0972. The summed E-state index contributed by atoms with van der Waals surface area (Å²) in [5, 5.41) is 2.91. The van der Waals surface area contributed by atoms with E-state index in [1.54, 1.807) is 0 Å². The van der Waals surface area contributed by atoms with Gasteiger partial charge in [0.1, 0.15) is 0 Å². The Kier molecular flexibility index (Phi) is 2.89. The van der Waals surface area contributed by atoms with Gasteiger partial charge in [0.15, 0.2) is 17.5 Å². The van der Waals surface area contributed by atoms with Crippen molar-refractivity contribution in [2.45, 2.75) is 18.9 Å². The number of hydrogen-bond acceptors (Lipinski definition) is 3. The number of fused-ring (bicyclic) bond motifs is 3. The molecule has 3 nitrogen and oxygen atoms in total. The van der Waals surface area contributed by atoms with Crippen LogP contribution < -0.4 is 5.32 Å². The van der Waals surface area contributed by atoms with Crippen LogP contribution in [0.15, 0.2) is 6.07 Å². The Morgan fingerprint density at radius 1 is 1.17 bits per heavy atom. The first-order chi connectivity index (χ1) is 8.63. The summed E-state index contributed by atoms with van der Waals surface area (Å²) in [5.41, 5.74) is 0. The molecular formula is C12H14F3N3. The summed E-state index contributed by atoms with van der Waals surface area (Å²) in [6, 6.07) is 0.603. The maximum absolute atomic E-state index is 13.5. The molecule has 4 rings (SSSR count). The first-order valence-corrected chi connectivity index (χ1v) is 6.14. The van der Waals surface area contributed by atoms with Crippen LogP contribution in [0.3, 0.4) is 0 Å². The highest BCUT2D eigenvalue weighted by Crippen LogP contribution is 2.30. The Hall–Kier alpha value is -1.30. The van der Waals surface area contributed by atoms with Gasteiger partial charge in [-0.25, -0.2) is 8.78 Å². The van der Waals surface area contributed by atoms with Crippen LogP contribution in [0, 0.1) is 23.5 Å². The molecule has 0 saturated carbocycles. The molecule has 0 radical (unpaired) electrons. The standard InChI is InChI=1S/C12H14F3N3/c13-8-5-9(14)12(17-11(8)15)16-10-6-18-3-1-7(10)2-4-18/h5,7,10H,1-4,6H2,(H,16,17). The highest BCUT2D eigenvalue weighted by molar-refractivity contribution is 5.38. The molecular weight excluding hydrogens is 243 g/mol. The maximum atomic E-state index is 13.5. The SMILES string of the molecule is Fc1cc(F)c(NC2CN3CCC2CC3)nc1F. The number of aromatic nitrogens is 1. The van der Waals surface area contributed by atoms with Crippen LogP contribution in [0.4, 0.5) is 19.0 Å². The first-order valence-electron chi connectivity index (χ1n) is 6.14.